The molecule has 1 atom stereocenters. The lowest BCUT2D eigenvalue weighted by Gasteiger charge is -2.32. The van der Waals surface area contributed by atoms with Crippen LogP contribution in [0, 0.1) is 18.7 Å². The molecular formula is C25H28F4N2O2. The minimum Gasteiger partial charge on any atom is -0.352 e. The molecule has 33 heavy (non-hydrogen) atoms. The maximum Gasteiger partial charge on any atom is 0.416 e. The molecule has 1 aliphatic heterocycles. The first-order valence-corrected chi connectivity index (χ1v) is 11.0. The Kier molecular flexibility index (Phi) is 7.76. The minimum absolute atomic E-state index is 0.0728. The second-order valence-electron chi connectivity index (χ2n) is 8.68. The van der Waals surface area contributed by atoms with Crippen molar-refractivity contribution in [2.24, 2.45) is 5.92 Å². The molecule has 4 nitrogen and oxygen atoms in total. The van der Waals surface area contributed by atoms with E-state index < -0.39 is 11.7 Å². The van der Waals surface area contributed by atoms with Crippen molar-refractivity contribution in [3.63, 3.8) is 0 Å². The third kappa shape index (κ3) is 6.55. The van der Waals surface area contributed by atoms with E-state index in [4.69, 9.17) is 0 Å². The molecule has 0 spiro atoms. The average molecular weight is 465 g/mol. The molecule has 1 fully saturated rings. The number of likely N-dealkylation sites (tertiary alicyclic amines) is 1. The fourth-order valence-electron chi connectivity index (χ4n) is 3.98. The maximum absolute atomic E-state index is 13.6. The fraction of sp³-hybridized carbons (Fsp3) is 0.440. The first kappa shape index (κ1) is 24.7. The van der Waals surface area contributed by atoms with Gasteiger partial charge < -0.3 is 10.2 Å². The summed E-state index contributed by atoms with van der Waals surface area (Å²) in [7, 11) is 0. The lowest BCUT2D eigenvalue weighted by molar-refractivity contribution is -0.137. The zero-order valence-electron chi connectivity index (χ0n) is 18.7. The number of hydrogen-bond acceptors (Lipinski definition) is 2. The monoisotopic (exact) mass is 464 g/mol. The van der Waals surface area contributed by atoms with Crippen LogP contribution in [0.3, 0.4) is 0 Å². The number of alkyl halides is 3. The number of nitrogens with zero attached hydrogens (tertiary/aromatic N) is 1. The Morgan fingerprint density at radius 2 is 1.73 bits per heavy atom. The van der Waals surface area contributed by atoms with Gasteiger partial charge in [0.05, 0.1) is 5.56 Å². The van der Waals surface area contributed by atoms with Gasteiger partial charge in [-0.1, -0.05) is 31.2 Å². The summed E-state index contributed by atoms with van der Waals surface area (Å²) in [6.07, 6.45) is -3.12. The highest BCUT2D eigenvalue weighted by Crippen LogP contribution is 2.31. The molecule has 1 saturated heterocycles. The molecule has 0 saturated carbocycles. The van der Waals surface area contributed by atoms with Gasteiger partial charge in [0.25, 0.3) is 0 Å². The molecule has 178 valence electrons. The van der Waals surface area contributed by atoms with Crippen molar-refractivity contribution >= 4 is 11.8 Å². The van der Waals surface area contributed by atoms with Crippen molar-refractivity contribution in [3.8, 4) is 0 Å². The van der Waals surface area contributed by atoms with Crippen LogP contribution < -0.4 is 5.32 Å². The molecule has 1 unspecified atom stereocenters. The summed E-state index contributed by atoms with van der Waals surface area (Å²) in [5.74, 6) is -0.913. The summed E-state index contributed by atoms with van der Waals surface area (Å²) in [5.41, 5.74) is 1.21. The highest BCUT2D eigenvalue weighted by Gasteiger charge is 2.31. The molecule has 8 heteroatoms. The number of piperidine rings is 1. The Bertz CT molecular complexity index is 981. The largest absolute Gasteiger partial charge is 0.416 e. The Labute approximate surface area is 191 Å². The number of halogens is 4. The third-order valence-corrected chi connectivity index (χ3v) is 6.21. The Hall–Kier alpha value is -2.90. The van der Waals surface area contributed by atoms with Crippen LogP contribution in [-0.4, -0.2) is 29.8 Å². The number of amides is 2. The maximum atomic E-state index is 13.6. The van der Waals surface area contributed by atoms with Crippen LogP contribution in [0.2, 0.25) is 0 Å². The van der Waals surface area contributed by atoms with Crippen molar-refractivity contribution in [1.82, 2.24) is 10.2 Å². The van der Waals surface area contributed by atoms with Gasteiger partial charge in [-0.05, 0) is 60.6 Å². The van der Waals surface area contributed by atoms with Crippen molar-refractivity contribution in [1.29, 1.82) is 0 Å². The molecule has 3 rings (SSSR count). The highest BCUT2D eigenvalue weighted by molar-refractivity contribution is 5.80. The zero-order valence-corrected chi connectivity index (χ0v) is 18.7. The van der Waals surface area contributed by atoms with E-state index in [1.165, 1.54) is 18.2 Å². The Morgan fingerprint density at radius 3 is 2.30 bits per heavy atom. The number of carbonyl (C=O) groups is 2. The molecule has 0 aromatic heterocycles. The van der Waals surface area contributed by atoms with Gasteiger partial charge >= 0.3 is 6.18 Å². The van der Waals surface area contributed by atoms with Gasteiger partial charge in [-0.3, -0.25) is 9.59 Å². The summed E-state index contributed by atoms with van der Waals surface area (Å²) >= 11 is 0. The van der Waals surface area contributed by atoms with E-state index in [1.54, 1.807) is 24.0 Å². The zero-order chi connectivity index (χ0) is 24.2. The quantitative estimate of drug-likeness (QED) is 0.598. The van der Waals surface area contributed by atoms with E-state index in [1.807, 2.05) is 6.92 Å². The van der Waals surface area contributed by atoms with E-state index in [0.717, 1.165) is 12.1 Å². The van der Waals surface area contributed by atoms with Crippen LogP contribution in [0.1, 0.15) is 54.4 Å². The lowest BCUT2D eigenvalue weighted by Crippen LogP contribution is -2.43. The second kappa shape index (κ2) is 10.4. The molecule has 0 aliphatic carbocycles. The van der Waals surface area contributed by atoms with E-state index in [2.05, 4.69) is 5.32 Å². The summed E-state index contributed by atoms with van der Waals surface area (Å²) < 4.78 is 51.8. The number of aryl methyl sites for hydroxylation is 1. The van der Waals surface area contributed by atoms with Crippen LogP contribution in [-0.2, 0) is 22.3 Å². The van der Waals surface area contributed by atoms with Crippen LogP contribution in [0.15, 0.2) is 42.5 Å². The van der Waals surface area contributed by atoms with Crippen LogP contribution >= 0.6 is 0 Å². The van der Waals surface area contributed by atoms with Crippen LogP contribution in [0.4, 0.5) is 17.6 Å². The van der Waals surface area contributed by atoms with Crippen LogP contribution in [0.5, 0.6) is 0 Å². The Morgan fingerprint density at radius 1 is 1.09 bits per heavy atom. The number of hydrogen-bond donors (Lipinski definition) is 1. The summed E-state index contributed by atoms with van der Waals surface area (Å²) in [5, 5.41) is 2.84. The van der Waals surface area contributed by atoms with Crippen molar-refractivity contribution in [3.05, 3.63) is 70.5 Å². The van der Waals surface area contributed by atoms with Gasteiger partial charge in [-0.25, -0.2) is 4.39 Å². The minimum atomic E-state index is -4.38. The predicted molar refractivity (Wildman–Crippen MR) is 117 cm³/mol. The smallest absolute Gasteiger partial charge is 0.352 e. The van der Waals surface area contributed by atoms with Crippen molar-refractivity contribution in [2.75, 3.05) is 13.1 Å². The van der Waals surface area contributed by atoms with E-state index in [9.17, 15) is 27.2 Å². The number of benzene rings is 2. The Balaban J connectivity index is 1.45. The molecule has 1 N–H and O–H groups in total. The average Bonchev–Trinajstić information content (AvgIpc) is 2.79. The summed E-state index contributed by atoms with van der Waals surface area (Å²) in [6, 6.07) is 9.75. The molecule has 2 aromatic rings. The normalized spacial score (nSPS) is 15.9. The summed E-state index contributed by atoms with van der Waals surface area (Å²) in [4.78, 5) is 26.8. The van der Waals surface area contributed by atoms with Gasteiger partial charge in [-0.2, -0.15) is 13.2 Å². The molecule has 2 amide bonds. The summed E-state index contributed by atoms with van der Waals surface area (Å²) in [6.45, 7) is 4.65. The molecule has 1 aliphatic rings. The van der Waals surface area contributed by atoms with Gasteiger partial charge in [0, 0.05) is 32.0 Å². The predicted octanol–water partition coefficient (Wildman–Crippen LogP) is 5.20. The fourth-order valence-corrected chi connectivity index (χ4v) is 3.98. The molecule has 0 radical (unpaired) electrons. The second-order valence-corrected chi connectivity index (χ2v) is 8.68. The highest BCUT2D eigenvalue weighted by atomic mass is 19.4. The topological polar surface area (TPSA) is 49.4 Å². The van der Waals surface area contributed by atoms with Crippen molar-refractivity contribution in [2.45, 2.75) is 51.7 Å². The van der Waals surface area contributed by atoms with Gasteiger partial charge in [0.1, 0.15) is 5.82 Å². The van der Waals surface area contributed by atoms with E-state index >= 15 is 0 Å². The molecule has 2 aromatic carbocycles. The van der Waals surface area contributed by atoms with E-state index in [-0.39, 0.29) is 42.4 Å². The SMILES string of the molecule is Cc1ccc(CNC(=O)C2CCN(C(=O)CC(C)c3ccc(C(F)(F)F)cc3)CC2)cc1F. The van der Waals surface area contributed by atoms with Gasteiger partial charge in [-0.15, -0.1) is 0 Å². The van der Waals surface area contributed by atoms with Crippen molar-refractivity contribution < 1.29 is 27.2 Å². The molecule has 1 heterocycles. The standard InChI is InChI=1S/C25H28F4N2O2/c1-16-3-4-18(14-22(16)26)15-30-24(33)20-9-11-31(12-10-20)23(32)13-17(2)19-5-7-21(8-6-19)25(27,28)29/h3-8,14,17,20H,9-13,15H2,1-2H3,(H,30,33). The third-order valence-electron chi connectivity index (χ3n) is 6.21. The molecule has 0 bridgehead atoms. The van der Waals surface area contributed by atoms with E-state index in [0.29, 0.717) is 42.6 Å². The number of carbonyl (C=O) groups excluding carboxylic acids is 2. The van der Waals surface area contributed by atoms with Gasteiger partial charge in [0.15, 0.2) is 0 Å². The molecular weight excluding hydrogens is 436 g/mol. The van der Waals surface area contributed by atoms with Gasteiger partial charge in [0.2, 0.25) is 11.8 Å². The first-order valence-electron chi connectivity index (χ1n) is 11.0. The number of rotatable bonds is 6. The lowest BCUT2D eigenvalue weighted by atomic mass is 9.93. The van der Waals surface area contributed by atoms with Crippen LogP contribution in [0.25, 0.3) is 0 Å². The number of nitrogens with one attached hydrogen (secondary N) is 1. The first-order chi connectivity index (χ1) is 15.5.